The summed E-state index contributed by atoms with van der Waals surface area (Å²) in [5.41, 5.74) is 0.216. The molecule has 1 heterocycles. The van der Waals surface area contributed by atoms with Gasteiger partial charge in [0.15, 0.2) is 5.75 Å². The minimum absolute atomic E-state index is 0.0493. The van der Waals surface area contributed by atoms with Crippen molar-refractivity contribution in [1.82, 2.24) is 9.97 Å². The molecule has 0 fully saturated rings. The van der Waals surface area contributed by atoms with Gasteiger partial charge in [0.25, 0.3) is 0 Å². The fraction of sp³-hybridized carbons (Fsp3) is 0. The van der Waals surface area contributed by atoms with Crippen LogP contribution in [0.1, 0.15) is 5.69 Å². The third-order valence-corrected chi connectivity index (χ3v) is 2.39. The van der Waals surface area contributed by atoms with E-state index in [1.54, 1.807) is 18.2 Å². The molecule has 0 bridgehead atoms. The smallest absolute Gasteiger partial charge is 0.323 e. The molecule has 0 spiro atoms. The highest BCUT2D eigenvalue weighted by atomic mass is 35.5. The van der Waals surface area contributed by atoms with E-state index in [1.807, 2.05) is 6.07 Å². The lowest BCUT2D eigenvalue weighted by atomic mass is 10.3. The largest absolute Gasteiger partial charge is 0.423 e. The van der Waals surface area contributed by atoms with Crippen LogP contribution in [-0.4, -0.2) is 9.97 Å². The van der Waals surface area contributed by atoms with Crippen LogP contribution < -0.4 is 4.74 Å². The zero-order valence-corrected chi connectivity index (χ0v) is 9.90. The van der Waals surface area contributed by atoms with Gasteiger partial charge in [0.2, 0.25) is 0 Å². The van der Waals surface area contributed by atoms with Crippen molar-refractivity contribution in [2.24, 2.45) is 0 Å². The molecule has 1 aromatic heterocycles. The number of nitrogens with zero attached hydrogens (tertiary/aromatic N) is 3. The van der Waals surface area contributed by atoms with Crippen molar-refractivity contribution in [3.8, 4) is 17.8 Å². The molecular weight excluding hydrogens is 261 g/mol. The second-order valence-electron chi connectivity index (χ2n) is 3.01. The minimum Gasteiger partial charge on any atom is -0.423 e. The van der Waals surface area contributed by atoms with Crippen molar-refractivity contribution >= 4 is 23.2 Å². The SMILES string of the molecule is N#Cc1ccnc(Oc2cc(Cl)ccc2Cl)n1. The summed E-state index contributed by atoms with van der Waals surface area (Å²) in [6.45, 7) is 0. The Hall–Kier alpha value is -1.83. The highest BCUT2D eigenvalue weighted by molar-refractivity contribution is 6.34. The van der Waals surface area contributed by atoms with Gasteiger partial charge in [0.1, 0.15) is 11.8 Å². The maximum Gasteiger partial charge on any atom is 0.323 e. The first-order chi connectivity index (χ1) is 8.19. The predicted octanol–water partition coefficient (Wildman–Crippen LogP) is 3.45. The van der Waals surface area contributed by atoms with Crippen LogP contribution in [-0.2, 0) is 0 Å². The van der Waals surface area contributed by atoms with E-state index in [1.165, 1.54) is 12.3 Å². The molecule has 0 radical (unpaired) electrons. The summed E-state index contributed by atoms with van der Waals surface area (Å²) in [7, 11) is 0. The van der Waals surface area contributed by atoms with Crippen LogP contribution in [0, 0.1) is 11.3 Å². The Kier molecular flexibility index (Phi) is 3.43. The molecule has 0 amide bonds. The van der Waals surface area contributed by atoms with Crippen LogP contribution >= 0.6 is 23.2 Å². The summed E-state index contributed by atoms with van der Waals surface area (Å²) in [4.78, 5) is 7.73. The Balaban J connectivity index is 2.31. The van der Waals surface area contributed by atoms with E-state index < -0.39 is 0 Å². The van der Waals surface area contributed by atoms with Crippen LogP contribution in [0.4, 0.5) is 0 Å². The zero-order chi connectivity index (χ0) is 12.3. The molecule has 0 saturated carbocycles. The van der Waals surface area contributed by atoms with Gasteiger partial charge >= 0.3 is 6.01 Å². The van der Waals surface area contributed by atoms with Gasteiger partial charge in [-0.15, -0.1) is 0 Å². The first kappa shape index (κ1) is 11.6. The lowest BCUT2D eigenvalue weighted by molar-refractivity contribution is 0.441. The van der Waals surface area contributed by atoms with Gasteiger partial charge < -0.3 is 4.74 Å². The molecule has 17 heavy (non-hydrogen) atoms. The number of rotatable bonds is 2. The quantitative estimate of drug-likeness (QED) is 0.835. The molecular formula is C11H5Cl2N3O. The molecule has 6 heteroatoms. The predicted molar refractivity (Wildman–Crippen MR) is 63.3 cm³/mol. The fourth-order valence-corrected chi connectivity index (χ4v) is 1.42. The molecule has 1 aromatic carbocycles. The number of ether oxygens (including phenoxy) is 1. The molecule has 0 saturated heterocycles. The van der Waals surface area contributed by atoms with Gasteiger partial charge in [0, 0.05) is 17.3 Å². The first-order valence-electron chi connectivity index (χ1n) is 4.55. The third kappa shape index (κ3) is 2.84. The first-order valence-corrected chi connectivity index (χ1v) is 5.30. The monoisotopic (exact) mass is 265 g/mol. The number of hydrogen-bond acceptors (Lipinski definition) is 4. The summed E-state index contributed by atoms with van der Waals surface area (Å²) in [5.74, 6) is 0.342. The molecule has 0 atom stereocenters. The summed E-state index contributed by atoms with van der Waals surface area (Å²) in [6, 6.07) is 8.21. The highest BCUT2D eigenvalue weighted by Crippen LogP contribution is 2.30. The lowest BCUT2D eigenvalue weighted by Crippen LogP contribution is -1.93. The average molecular weight is 266 g/mol. The van der Waals surface area contributed by atoms with E-state index in [-0.39, 0.29) is 11.7 Å². The molecule has 84 valence electrons. The lowest BCUT2D eigenvalue weighted by Gasteiger charge is -2.05. The summed E-state index contributed by atoms with van der Waals surface area (Å²) in [6.07, 6.45) is 1.43. The second-order valence-corrected chi connectivity index (χ2v) is 3.86. The number of aromatic nitrogens is 2. The summed E-state index contributed by atoms with van der Waals surface area (Å²) < 4.78 is 5.34. The molecule has 4 nitrogen and oxygen atoms in total. The maximum atomic E-state index is 8.68. The summed E-state index contributed by atoms with van der Waals surface area (Å²) in [5, 5.41) is 9.56. The van der Waals surface area contributed by atoms with Crippen molar-refractivity contribution in [2.75, 3.05) is 0 Å². The molecule has 0 aliphatic heterocycles. The topological polar surface area (TPSA) is 58.8 Å². The van der Waals surface area contributed by atoms with E-state index in [0.717, 1.165) is 0 Å². The number of hydrogen-bond donors (Lipinski definition) is 0. The normalized spacial score (nSPS) is 9.71. The minimum atomic E-state index is 0.0493. The van der Waals surface area contributed by atoms with Crippen molar-refractivity contribution in [3.63, 3.8) is 0 Å². The maximum absolute atomic E-state index is 8.68. The van der Waals surface area contributed by atoms with Gasteiger partial charge in [-0.25, -0.2) is 4.98 Å². The highest BCUT2D eigenvalue weighted by Gasteiger charge is 2.06. The third-order valence-electron chi connectivity index (χ3n) is 1.84. The molecule has 0 aliphatic carbocycles. The number of halogens is 2. The Bertz CT molecular complexity index is 596. The van der Waals surface area contributed by atoms with Crippen LogP contribution in [0.3, 0.4) is 0 Å². The molecule has 0 unspecified atom stereocenters. The van der Waals surface area contributed by atoms with Gasteiger partial charge in [-0.1, -0.05) is 23.2 Å². The van der Waals surface area contributed by atoms with Crippen molar-refractivity contribution in [2.45, 2.75) is 0 Å². The number of benzene rings is 1. The van der Waals surface area contributed by atoms with Crippen molar-refractivity contribution in [3.05, 3.63) is 46.2 Å². The standard InChI is InChI=1S/C11H5Cl2N3O/c12-7-1-2-9(13)10(5-7)17-11-15-4-3-8(6-14)16-11/h1-5H. The van der Waals surface area contributed by atoms with Gasteiger partial charge in [-0.05, 0) is 18.2 Å². The Morgan fingerprint density at radius 1 is 1.24 bits per heavy atom. The van der Waals surface area contributed by atoms with Crippen LogP contribution in [0.25, 0.3) is 0 Å². The van der Waals surface area contributed by atoms with Crippen LogP contribution in [0.2, 0.25) is 10.0 Å². The Morgan fingerprint density at radius 2 is 2.06 bits per heavy atom. The van der Waals surface area contributed by atoms with E-state index in [0.29, 0.717) is 15.8 Å². The van der Waals surface area contributed by atoms with Gasteiger partial charge in [-0.2, -0.15) is 10.2 Å². The second kappa shape index (κ2) is 5.00. The molecule has 0 aliphatic rings. The molecule has 2 rings (SSSR count). The van der Waals surface area contributed by atoms with Crippen molar-refractivity contribution in [1.29, 1.82) is 5.26 Å². The van der Waals surface area contributed by atoms with Crippen molar-refractivity contribution < 1.29 is 4.74 Å². The van der Waals surface area contributed by atoms with Crippen LogP contribution in [0.5, 0.6) is 11.8 Å². The summed E-state index contributed by atoms with van der Waals surface area (Å²) >= 11 is 11.7. The van der Waals surface area contributed by atoms with Gasteiger partial charge in [-0.3, -0.25) is 0 Å². The Morgan fingerprint density at radius 3 is 2.82 bits per heavy atom. The molecule has 2 aromatic rings. The van der Waals surface area contributed by atoms with E-state index >= 15 is 0 Å². The molecule has 0 N–H and O–H groups in total. The van der Waals surface area contributed by atoms with E-state index in [9.17, 15) is 0 Å². The average Bonchev–Trinajstić information content (AvgIpc) is 2.34. The zero-order valence-electron chi connectivity index (χ0n) is 8.39. The van der Waals surface area contributed by atoms with Gasteiger partial charge in [0.05, 0.1) is 5.02 Å². The van der Waals surface area contributed by atoms with E-state index in [2.05, 4.69) is 9.97 Å². The Labute approximate surface area is 107 Å². The van der Waals surface area contributed by atoms with Crippen LogP contribution in [0.15, 0.2) is 30.5 Å². The van der Waals surface area contributed by atoms with E-state index in [4.69, 9.17) is 33.2 Å². The fourth-order valence-electron chi connectivity index (χ4n) is 1.11. The number of nitriles is 1.